The minimum Gasteiger partial charge on any atom is -0.450 e. The van der Waals surface area contributed by atoms with E-state index >= 15 is 0 Å². The molecule has 0 saturated heterocycles. The van der Waals surface area contributed by atoms with E-state index in [-0.39, 0.29) is 16.5 Å². The smallest absolute Gasteiger partial charge is 0.189 e. The van der Waals surface area contributed by atoms with E-state index < -0.39 is 5.82 Å². The summed E-state index contributed by atoms with van der Waals surface area (Å²) >= 11 is 11.9. The van der Waals surface area contributed by atoms with Gasteiger partial charge in [0.1, 0.15) is 11.3 Å². The number of hydrogen-bond acceptors (Lipinski definition) is 3. The van der Waals surface area contributed by atoms with Gasteiger partial charge in [-0.3, -0.25) is 4.98 Å². The number of ether oxygens (including phenoxy) is 1. The number of rotatable bonds is 2. The highest BCUT2D eigenvalue weighted by Crippen LogP contribution is 2.37. The van der Waals surface area contributed by atoms with Crippen LogP contribution in [0.1, 0.15) is 0 Å². The molecule has 1 heterocycles. The maximum Gasteiger partial charge on any atom is 0.189 e. The van der Waals surface area contributed by atoms with Crippen molar-refractivity contribution < 1.29 is 9.13 Å². The maximum atomic E-state index is 14.2. The largest absolute Gasteiger partial charge is 0.450 e. The van der Waals surface area contributed by atoms with Gasteiger partial charge in [-0.25, -0.2) is 4.39 Å². The first-order valence-electron chi connectivity index (χ1n) is 6.02. The third-order valence-corrected chi connectivity index (χ3v) is 3.47. The molecule has 2 N–H and O–H groups in total. The van der Waals surface area contributed by atoms with E-state index in [1.54, 1.807) is 24.3 Å². The van der Waals surface area contributed by atoms with Crippen molar-refractivity contribution in [3.05, 3.63) is 58.5 Å². The molecule has 3 nitrogen and oxygen atoms in total. The second-order valence-electron chi connectivity index (χ2n) is 4.35. The molecule has 0 saturated carbocycles. The Morgan fingerprint density at radius 1 is 1.14 bits per heavy atom. The number of fused-ring (bicyclic) bond motifs is 1. The van der Waals surface area contributed by atoms with E-state index in [0.29, 0.717) is 21.6 Å². The maximum absolute atomic E-state index is 14.2. The van der Waals surface area contributed by atoms with Gasteiger partial charge in [0.2, 0.25) is 0 Å². The van der Waals surface area contributed by atoms with Crippen molar-refractivity contribution in [1.82, 2.24) is 4.98 Å². The molecule has 0 aliphatic heterocycles. The van der Waals surface area contributed by atoms with Gasteiger partial charge >= 0.3 is 0 Å². The summed E-state index contributed by atoms with van der Waals surface area (Å²) in [6.07, 6.45) is 1.54. The predicted octanol–water partition coefficient (Wildman–Crippen LogP) is 5.06. The highest BCUT2D eigenvalue weighted by atomic mass is 35.5. The van der Waals surface area contributed by atoms with E-state index in [2.05, 4.69) is 4.98 Å². The molecule has 0 radical (unpaired) electrons. The molecule has 2 aromatic carbocycles. The Morgan fingerprint density at radius 2 is 1.95 bits per heavy atom. The van der Waals surface area contributed by atoms with E-state index in [9.17, 15) is 4.39 Å². The van der Waals surface area contributed by atoms with Crippen molar-refractivity contribution in [3.8, 4) is 11.5 Å². The minimum absolute atomic E-state index is 0.0241. The lowest BCUT2D eigenvalue weighted by Crippen LogP contribution is -1.96. The van der Waals surface area contributed by atoms with Gasteiger partial charge in [0.25, 0.3) is 0 Å². The molecular formula is C15H9Cl2FN2O. The van der Waals surface area contributed by atoms with Gasteiger partial charge in [-0.2, -0.15) is 0 Å². The molecule has 6 heteroatoms. The van der Waals surface area contributed by atoms with Crippen LogP contribution in [0.15, 0.2) is 42.6 Å². The molecule has 0 aliphatic carbocycles. The van der Waals surface area contributed by atoms with E-state index in [4.69, 9.17) is 33.7 Å². The number of nitrogens with zero attached hydrogens (tertiary/aromatic N) is 1. The topological polar surface area (TPSA) is 48.1 Å². The summed E-state index contributed by atoms with van der Waals surface area (Å²) in [6.45, 7) is 0. The van der Waals surface area contributed by atoms with E-state index in [1.807, 2.05) is 0 Å². The molecule has 1 aromatic heterocycles. The van der Waals surface area contributed by atoms with Crippen molar-refractivity contribution in [2.24, 2.45) is 0 Å². The summed E-state index contributed by atoms with van der Waals surface area (Å²) in [5.74, 6) is -0.342. The summed E-state index contributed by atoms with van der Waals surface area (Å²) in [5.41, 5.74) is 6.42. The van der Waals surface area contributed by atoms with Crippen LogP contribution in [0.3, 0.4) is 0 Å². The fourth-order valence-electron chi connectivity index (χ4n) is 1.98. The molecular weight excluding hydrogens is 314 g/mol. The fourth-order valence-corrected chi connectivity index (χ4v) is 2.42. The van der Waals surface area contributed by atoms with Crippen molar-refractivity contribution in [2.75, 3.05) is 5.73 Å². The van der Waals surface area contributed by atoms with E-state index in [0.717, 1.165) is 0 Å². The summed E-state index contributed by atoms with van der Waals surface area (Å²) in [5, 5.41) is 1.36. The number of hydrogen-bond donors (Lipinski definition) is 1. The monoisotopic (exact) mass is 322 g/mol. The first-order valence-corrected chi connectivity index (χ1v) is 6.77. The molecule has 0 spiro atoms. The van der Waals surface area contributed by atoms with Gasteiger partial charge in [0.15, 0.2) is 11.6 Å². The zero-order valence-corrected chi connectivity index (χ0v) is 12.1. The van der Waals surface area contributed by atoms with Crippen molar-refractivity contribution in [3.63, 3.8) is 0 Å². The van der Waals surface area contributed by atoms with Gasteiger partial charge in [0, 0.05) is 28.4 Å². The Kier molecular flexibility index (Phi) is 3.57. The van der Waals surface area contributed by atoms with Crippen LogP contribution < -0.4 is 10.5 Å². The van der Waals surface area contributed by atoms with Gasteiger partial charge in [-0.1, -0.05) is 23.2 Å². The average Bonchev–Trinajstić information content (AvgIpc) is 2.45. The second-order valence-corrected chi connectivity index (χ2v) is 5.20. The predicted molar refractivity (Wildman–Crippen MR) is 82.6 cm³/mol. The van der Waals surface area contributed by atoms with Crippen LogP contribution in [0.4, 0.5) is 10.1 Å². The summed E-state index contributed by atoms with van der Waals surface area (Å²) in [6, 6.07) is 9.35. The fraction of sp³-hybridized carbons (Fsp3) is 0. The first kappa shape index (κ1) is 13.9. The van der Waals surface area contributed by atoms with E-state index in [1.165, 1.54) is 18.3 Å². The van der Waals surface area contributed by atoms with Crippen LogP contribution in [0.5, 0.6) is 11.5 Å². The molecule has 0 bridgehead atoms. The molecule has 0 unspecified atom stereocenters. The van der Waals surface area contributed by atoms with Crippen LogP contribution in [-0.4, -0.2) is 4.98 Å². The summed E-state index contributed by atoms with van der Waals surface area (Å²) < 4.78 is 19.7. The number of nitrogen functional groups attached to an aromatic ring is 1. The highest BCUT2D eigenvalue weighted by Gasteiger charge is 2.15. The van der Waals surface area contributed by atoms with Gasteiger partial charge < -0.3 is 10.5 Å². The minimum atomic E-state index is -0.607. The first-order chi connectivity index (χ1) is 10.1. The molecule has 3 aromatic rings. The lowest BCUT2D eigenvalue weighted by molar-refractivity contribution is 0.447. The van der Waals surface area contributed by atoms with Gasteiger partial charge in [-0.05, 0) is 30.3 Å². The number of nitrogens with two attached hydrogens (primary N) is 1. The van der Waals surface area contributed by atoms with Crippen LogP contribution in [0.25, 0.3) is 10.9 Å². The van der Waals surface area contributed by atoms with Crippen LogP contribution in [-0.2, 0) is 0 Å². The van der Waals surface area contributed by atoms with Crippen molar-refractivity contribution in [1.29, 1.82) is 0 Å². The molecule has 3 rings (SSSR count). The Bertz CT molecular complexity index is 839. The normalized spacial score (nSPS) is 10.8. The summed E-state index contributed by atoms with van der Waals surface area (Å²) in [7, 11) is 0. The Morgan fingerprint density at radius 3 is 2.71 bits per heavy atom. The Labute approximate surface area is 130 Å². The van der Waals surface area contributed by atoms with Gasteiger partial charge in [0.05, 0.1) is 5.02 Å². The number of pyridine rings is 1. The lowest BCUT2D eigenvalue weighted by Gasteiger charge is -2.12. The zero-order chi connectivity index (χ0) is 15.0. The molecule has 21 heavy (non-hydrogen) atoms. The Hall–Kier alpha value is -2.04. The van der Waals surface area contributed by atoms with Crippen molar-refractivity contribution >= 4 is 39.8 Å². The molecule has 106 valence electrons. The lowest BCUT2D eigenvalue weighted by atomic mass is 10.1. The average molecular weight is 323 g/mol. The number of benzene rings is 2. The van der Waals surface area contributed by atoms with Crippen molar-refractivity contribution in [2.45, 2.75) is 0 Å². The molecule has 0 fully saturated rings. The molecule has 0 amide bonds. The molecule has 0 atom stereocenters. The SMILES string of the molecule is Nc1cc(F)c(Oc2ccc(Cl)cc2Cl)c2ncccc12. The molecule has 0 aliphatic rings. The Balaban J connectivity index is 2.16. The number of aromatic nitrogens is 1. The second kappa shape index (κ2) is 5.39. The number of anilines is 1. The van der Waals surface area contributed by atoms with Crippen LogP contribution >= 0.6 is 23.2 Å². The summed E-state index contributed by atoms with van der Waals surface area (Å²) in [4.78, 5) is 4.13. The number of halogens is 3. The quantitative estimate of drug-likeness (QED) is 0.671. The third-order valence-electron chi connectivity index (χ3n) is 2.94. The third kappa shape index (κ3) is 2.60. The van der Waals surface area contributed by atoms with Gasteiger partial charge in [-0.15, -0.1) is 0 Å². The van der Waals surface area contributed by atoms with Crippen LogP contribution in [0, 0.1) is 5.82 Å². The zero-order valence-electron chi connectivity index (χ0n) is 10.6. The highest BCUT2D eigenvalue weighted by molar-refractivity contribution is 6.35. The standard InChI is InChI=1S/C15H9Cl2FN2O/c16-8-3-4-13(10(17)6-8)21-15-11(18)7-12(19)9-2-1-5-20-14(9)15/h1-7H,19H2. The van der Waals surface area contributed by atoms with Crippen LogP contribution in [0.2, 0.25) is 10.0 Å².